The zero-order valence-corrected chi connectivity index (χ0v) is 34.6. The van der Waals surface area contributed by atoms with Crippen LogP contribution in [0, 0.1) is 12.1 Å². The molecule has 10 aromatic rings. The number of aromatic hydroxyl groups is 1. The summed E-state index contributed by atoms with van der Waals surface area (Å²) in [6.07, 6.45) is 1.90. The van der Waals surface area contributed by atoms with E-state index in [1.165, 1.54) is 0 Å². The molecule has 0 aliphatic heterocycles. The molecule has 0 saturated heterocycles. The molecule has 1 N–H and O–H groups in total. The average Bonchev–Trinajstić information content (AvgIpc) is 3.86. The Morgan fingerprint density at radius 1 is 0.500 bits per heavy atom. The number of nitrogens with zero attached hydrogens (tertiary/aromatic N) is 7. The Balaban J connectivity index is 0.000000139. The first-order chi connectivity index (χ1) is 27.8. The van der Waals surface area contributed by atoms with E-state index in [0.717, 1.165) is 71.9 Å². The molecule has 10 rings (SSSR count). The molecule has 7 aromatic carbocycles. The molecular weight excluding hydrogens is 903 g/mol. The molecular formula is C47H39IrN7O3-2. The number of phenolic OH excluding ortho intramolecular Hbond substituents is 1. The van der Waals surface area contributed by atoms with Crippen LogP contribution in [0.5, 0.6) is 17.2 Å². The molecule has 3 heterocycles. The third-order valence-corrected chi connectivity index (χ3v) is 8.89. The maximum absolute atomic E-state index is 9.31. The fourth-order valence-corrected chi connectivity index (χ4v) is 6.43. The smallest absolute Gasteiger partial charge is 0.141 e. The van der Waals surface area contributed by atoms with Gasteiger partial charge in [0.05, 0.1) is 12.2 Å². The van der Waals surface area contributed by atoms with Gasteiger partial charge in [-0.1, -0.05) is 100 Å². The number of aromatic nitrogens is 7. The Labute approximate surface area is 349 Å². The van der Waals surface area contributed by atoms with Crippen molar-refractivity contribution in [3.8, 4) is 28.6 Å². The van der Waals surface area contributed by atoms with Gasteiger partial charge in [0, 0.05) is 43.2 Å². The summed E-state index contributed by atoms with van der Waals surface area (Å²) in [6, 6.07) is 51.3. The molecule has 291 valence electrons. The predicted octanol–water partition coefficient (Wildman–Crippen LogP) is 10.3. The van der Waals surface area contributed by atoms with E-state index in [-0.39, 0.29) is 38.1 Å². The SMILES string of the molecule is CC(C)Oc1c[c-]c(-n2nc3ccccc3n2)c2ccccc12.CC(C)Oc1c[c-]c(-n2nc3ccccc3n2)c2ccccc12.Oc1cccc2cccnc12.[Ir]. The fraction of sp³-hybridized carbons (Fsp3) is 0.128. The van der Waals surface area contributed by atoms with E-state index in [0.29, 0.717) is 5.52 Å². The summed E-state index contributed by atoms with van der Waals surface area (Å²) < 4.78 is 11.8. The summed E-state index contributed by atoms with van der Waals surface area (Å²) in [4.78, 5) is 7.32. The van der Waals surface area contributed by atoms with Crippen molar-refractivity contribution in [2.24, 2.45) is 0 Å². The minimum atomic E-state index is 0. The second kappa shape index (κ2) is 17.6. The molecule has 0 unspecified atom stereocenters. The van der Waals surface area contributed by atoms with Crippen molar-refractivity contribution < 1.29 is 34.7 Å². The van der Waals surface area contributed by atoms with Crippen LogP contribution >= 0.6 is 0 Å². The molecule has 0 fully saturated rings. The maximum Gasteiger partial charge on any atom is 0.141 e. The summed E-state index contributed by atoms with van der Waals surface area (Å²) in [6.45, 7) is 8.07. The van der Waals surface area contributed by atoms with E-state index in [1.807, 2.05) is 155 Å². The van der Waals surface area contributed by atoms with Crippen molar-refractivity contribution in [2.45, 2.75) is 39.9 Å². The molecule has 10 nitrogen and oxygen atoms in total. The van der Waals surface area contributed by atoms with Crippen LogP contribution in [0.25, 0.3) is 65.9 Å². The third-order valence-electron chi connectivity index (χ3n) is 8.89. The zero-order valence-electron chi connectivity index (χ0n) is 32.2. The first-order valence-corrected chi connectivity index (χ1v) is 18.7. The summed E-state index contributed by atoms with van der Waals surface area (Å²) >= 11 is 0. The minimum absolute atomic E-state index is 0. The van der Waals surface area contributed by atoms with Crippen molar-refractivity contribution in [3.05, 3.63) is 158 Å². The molecule has 0 bridgehead atoms. The summed E-state index contributed by atoms with van der Waals surface area (Å²) in [7, 11) is 0. The summed E-state index contributed by atoms with van der Waals surface area (Å²) in [5.74, 6) is 1.90. The summed E-state index contributed by atoms with van der Waals surface area (Å²) in [5, 5.41) is 32.6. The van der Waals surface area contributed by atoms with E-state index in [2.05, 4.69) is 37.5 Å². The van der Waals surface area contributed by atoms with Gasteiger partial charge >= 0.3 is 0 Å². The molecule has 3 aromatic heterocycles. The standard InChI is InChI=1S/2C19H16N3O.C9H7NO.Ir/c2*1-13(2)23-19-12-11-18(14-7-3-4-8-15(14)19)22-20-16-9-5-6-10-17(16)21-22;11-8-5-1-3-7-4-2-6-10-9(7)8;/h2*3-10,12-13H,1-2H3;1-6,11H;/q2*-1;;. The number of phenols is 1. The van der Waals surface area contributed by atoms with Crippen LogP contribution < -0.4 is 9.47 Å². The van der Waals surface area contributed by atoms with Crippen LogP contribution in [0.4, 0.5) is 0 Å². The molecule has 0 aliphatic rings. The average molecular weight is 942 g/mol. The zero-order chi connectivity index (χ0) is 39.3. The van der Waals surface area contributed by atoms with Crippen LogP contribution in [0.1, 0.15) is 27.7 Å². The van der Waals surface area contributed by atoms with Gasteiger partial charge in [-0.2, -0.15) is 42.1 Å². The van der Waals surface area contributed by atoms with Crippen LogP contribution in [-0.4, -0.2) is 52.3 Å². The Kier molecular flexibility index (Phi) is 12.0. The van der Waals surface area contributed by atoms with Crippen molar-refractivity contribution in [2.75, 3.05) is 0 Å². The number of hydrogen-bond donors (Lipinski definition) is 1. The number of benzene rings is 7. The fourth-order valence-electron chi connectivity index (χ4n) is 6.43. The molecule has 0 amide bonds. The molecule has 11 heteroatoms. The predicted molar refractivity (Wildman–Crippen MR) is 225 cm³/mol. The molecule has 0 saturated carbocycles. The second-order valence-corrected chi connectivity index (χ2v) is 13.7. The van der Waals surface area contributed by atoms with Crippen molar-refractivity contribution in [1.82, 2.24) is 35.0 Å². The van der Waals surface area contributed by atoms with Gasteiger partial charge in [-0.15, -0.1) is 24.3 Å². The number of pyridine rings is 1. The number of ether oxygens (including phenoxy) is 2. The van der Waals surface area contributed by atoms with Gasteiger partial charge in [-0.25, -0.2) is 0 Å². The minimum Gasteiger partial charge on any atom is -0.548 e. The van der Waals surface area contributed by atoms with E-state index in [1.54, 1.807) is 27.9 Å². The topological polar surface area (TPSA) is 113 Å². The van der Waals surface area contributed by atoms with Crippen LogP contribution in [0.3, 0.4) is 0 Å². The molecule has 0 aliphatic carbocycles. The van der Waals surface area contributed by atoms with Crippen LogP contribution in [0.15, 0.2) is 146 Å². The van der Waals surface area contributed by atoms with Crippen molar-refractivity contribution in [3.63, 3.8) is 0 Å². The number of para-hydroxylation sites is 1. The number of fused-ring (bicyclic) bond motifs is 5. The van der Waals surface area contributed by atoms with Gasteiger partial charge < -0.3 is 14.6 Å². The van der Waals surface area contributed by atoms with Gasteiger partial charge in [0.2, 0.25) is 0 Å². The number of rotatable bonds is 6. The third kappa shape index (κ3) is 8.51. The largest absolute Gasteiger partial charge is 0.548 e. The number of hydrogen-bond acceptors (Lipinski definition) is 8. The molecule has 0 spiro atoms. The van der Waals surface area contributed by atoms with Crippen LogP contribution in [-0.2, 0) is 20.1 Å². The van der Waals surface area contributed by atoms with Gasteiger partial charge in [0.1, 0.15) is 33.3 Å². The first kappa shape index (κ1) is 39.6. The van der Waals surface area contributed by atoms with E-state index in [9.17, 15) is 5.11 Å². The van der Waals surface area contributed by atoms with E-state index >= 15 is 0 Å². The molecule has 0 atom stereocenters. The Morgan fingerprint density at radius 2 is 0.897 bits per heavy atom. The Bertz CT molecular complexity index is 2740. The van der Waals surface area contributed by atoms with Crippen molar-refractivity contribution >= 4 is 54.5 Å². The quantitative estimate of drug-likeness (QED) is 0.164. The first-order valence-electron chi connectivity index (χ1n) is 18.7. The monoisotopic (exact) mass is 942 g/mol. The van der Waals surface area contributed by atoms with Gasteiger partial charge in [0.25, 0.3) is 0 Å². The van der Waals surface area contributed by atoms with Gasteiger partial charge in [0.15, 0.2) is 0 Å². The van der Waals surface area contributed by atoms with E-state index < -0.39 is 0 Å². The molecule has 1 radical (unpaired) electrons. The molecule has 58 heavy (non-hydrogen) atoms. The maximum atomic E-state index is 9.31. The van der Waals surface area contributed by atoms with Crippen molar-refractivity contribution in [1.29, 1.82) is 0 Å². The van der Waals surface area contributed by atoms with Gasteiger partial charge in [-0.3, -0.25) is 4.98 Å². The normalized spacial score (nSPS) is 11.0. The van der Waals surface area contributed by atoms with E-state index in [4.69, 9.17) is 9.47 Å². The van der Waals surface area contributed by atoms with Crippen LogP contribution in [0.2, 0.25) is 0 Å². The second-order valence-electron chi connectivity index (χ2n) is 13.7. The summed E-state index contributed by atoms with van der Waals surface area (Å²) in [5.41, 5.74) is 5.79. The Hall–Kier alpha value is -6.68. The Morgan fingerprint density at radius 3 is 1.31 bits per heavy atom. The van der Waals surface area contributed by atoms with Gasteiger partial charge in [-0.05, 0) is 75.5 Å².